The van der Waals surface area contributed by atoms with Crippen LogP contribution in [0.3, 0.4) is 0 Å². The number of rotatable bonds is 2. The van der Waals surface area contributed by atoms with E-state index in [1.165, 1.54) is 6.20 Å². The van der Waals surface area contributed by atoms with Crippen LogP contribution in [0.1, 0.15) is 29.0 Å². The molecule has 0 saturated heterocycles. The van der Waals surface area contributed by atoms with E-state index in [2.05, 4.69) is 5.16 Å². The van der Waals surface area contributed by atoms with Crippen molar-refractivity contribution in [1.29, 1.82) is 0 Å². The van der Waals surface area contributed by atoms with Crippen molar-refractivity contribution in [3.63, 3.8) is 0 Å². The Morgan fingerprint density at radius 3 is 3.23 bits per heavy atom. The number of aromatic nitrogens is 1. The molecule has 0 aliphatic heterocycles. The van der Waals surface area contributed by atoms with Gasteiger partial charge in [0.1, 0.15) is 5.76 Å². The molecule has 0 spiro atoms. The molecule has 0 aromatic carbocycles. The predicted molar refractivity (Wildman–Crippen MR) is 46.3 cm³/mol. The van der Waals surface area contributed by atoms with Gasteiger partial charge in [-0.15, -0.1) is 0 Å². The summed E-state index contributed by atoms with van der Waals surface area (Å²) in [5.41, 5.74) is 6.10. The smallest absolute Gasteiger partial charge is 0.168 e. The van der Waals surface area contributed by atoms with Crippen LogP contribution >= 0.6 is 0 Å². The molecule has 2 rings (SSSR count). The van der Waals surface area contributed by atoms with Crippen molar-refractivity contribution in [1.82, 2.24) is 5.16 Å². The summed E-state index contributed by atoms with van der Waals surface area (Å²) >= 11 is 0. The molecule has 4 heteroatoms. The van der Waals surface area contributed by atoms with Crippen molar-refractivity contribution in [2.75, 3.05) is 6.54 Å². The highest BCUT2D eigenvalue weighted by Crippen LogP contribution is 2.26. The third kappa shape index (κ3) is 1.49. The normalized spacial score (nSPS) is 21.6. The Bertz CT molecular complexity index is 319. The third-order valence-electron chi connectivity index (χ3n) is 2.47. The summed E-state index contributed by atoms with van der Waals surface area (Å²) in [6.45, 7) is 0.626. The number of ketones is 1. The van der Waals surface area contributed by atoms with E-state index in [4.69, 9.17) is 10.3 Å². The Kier molecular flexibility index (Phi) is 2.14. The quantitative estimate of drug-likeness (QED) is 0.729. The van der Waals surface area contributed by atoms with E-state index in [-0.39, 0.29) is 5.78 Å². The van der Waals surface area contributed by atoms with Crippen LogP contribution in [0.25, 0.3) is 0 Å². The Hall–Kier alpha value is -1.16. The zero-order chi connectivity index (χ0) is 9.26. The van der Waals surface area contributed by atoms with Crippen LogP contribution in [0, 0.1) is 5.92 Å². The van der Waals surface area contributed by atoms with E-state index < -0.39 is 0 Å². The van der Waals surface area contributed by atoms with Gasteiger partial charge in [-0.3, -0.25) is 4.79 Å². The monoisotopic (exact) mass is 180 g/mol. The van der Waals surface area contributed by atoms with E-state index in [0.717, 1.165) is 18.6 Å². The average Bonchev–Trinajstić information content (AvgIpc) is 2.53. The second kappa shape index (κ2) is 3.30. The lowest BCUT2D eigenvalue weighted by Crippen LogP contribution is -2.21. The van der Waals surface area contributed by atoms with Crippen molar-refractivity contribution in [2.24, 2.45) is 11.7 Å². The van der Waals surface area contributed by atoms with Gasteiger partial charge in [-0.2, -0.15) is 0 Å². The van der Waals surface area contributed by atoms with E-state index in [1.54, 1.807) is 0 Å². The summed E-state index contributed by atoms with van der Waals surface area (Å²) in [5.74, 6) is 1.22. The molecule has 70 valence electrons. The topological polar surface area (TPSA) is 69.1 Å². The fourth-order valence-corrected chi connectivity index (χ4v) is 1.78. The molecule has 1 heterocycles. The maximum atomic E-state index is 11.5. The van der Waals surface area contributed by atoms with Crippen LogP contribution in [0.4, 0.5) is 0 Å². The number of hydrogen-bond acceptors (Lipinski definition) is 4. The highest BCUT2D eigenvalue weighted by Gasteiger charge is 2.27. The Morgan fingerprint density at radius 2 is 2.46 bits per heavy atom. The van der Waals surface area contributed by atoms with Gasteiger partial charge in [-0.1, -0.05) is 5.16 Å². The number of fused-ring (bicyclic) bond motifs is 1. The van der Waals surface area contributed by atoms with Gasteiger partial charge in [0, 0.05) is 12.8 Å². The summed E-state index contributed by atoms with van der Waals surface area (Å²) in [7, 11) is 0. The van der Waals surface area contributed by atoms with E-state index >= 15 is 0 Å². The minimum atomic E-state index is 0.140. The second-order valence-electron chi connectivity index (χ2n) is 3.44. The first-order valence-electron chi connectivity index (χ1n) is 4.48. The highest BCUT2D eigenvalue weighted by atomic mass is 16.5. The van der Waals surface area contributed by atoms with Gasteiger partial charge in [0.15, 0.2) is 5.78 Å². The standard InChI is InChI=1S/C9H12N2O2/c10-2-1-6-3-8(12)7-5-11-13-9(7)4-6/h5-6H,1-4,10H2. The molecular weight excluding hydrogens is 168 g/mol. The minimum Gasteiger partial charge on any atom is -0.361 e. The van der Waals surface area contributed by atoms with Crippen molar-refractivity contribution in [3.8, 4) is 0 Å². The average molecular weight is 180 g/mol. The van der Waals surface area contributed by atoms with E-state index in [0.29, 0.717) is 24.4 Å². The van der Waals surface area contributed by atoms with E-state index in [9.17, 15) is 4.79 Å². The largest absolute Gasteiger partial charge is 0.361 e. The first kappa shape index (κ1) is 8.44. The van der Waals surface area contributed by atoms with Crippen molar-refractivity contribution >= 4 is 5.78 Å². The van der Waals surface area contributed by atoms with Crippen LogP contribution in [0.5, 0.6) is 0 Å². The molecule has 2 N–H and O–H groups in total. The number of nitrogens with two attached hydrogens (primary N) is 1. The van der Waals surface area contributed by atoms with Gasteiger partial charge >= 0.3 is 0 Å². The van der Waals surface area contributed by atoms with Crippen LogP contribution in [-0.2, 0) is 6.42 Å². The molecule has 1 atom stereocenters. The van der Waals surface area contributed by atoms with Gasteiger partial charge in [-0.05, 0) is 18.9 Å². The van der Waals surface area contributed by atoms with Gasteiger partial charge in [0.25, 0.3) is 0 Å². The Balaban J connectivity index is 2.19. The molecule has 4 nitrogen and oxygen atoms in total. The lowest BCUT2D eigenvalue weighted by Gasteiger charge is -2.18. The van der Waals surface area contributed by atoms with Crippen molar-refractivity contribution in [3.05, 3.63) is 17.5 Å². The molecule has 1 unspecified atom stereocenters. The number of nitrogens with zero attached hydrogens (tertiary/aromatic N) is 1. The summed E-state index contributed by atoms with van der Waals surface area (Å²) in [4.78, 5) is 11.5. The molecule has 0 radical (unpaired) electrons. The second-order valence-corrected chi connectivity index (χ2v) is 3.44. The van der Waals surface area contributed by atoms with Gasteiger partial charge < -0.3 is 10.3 Å². The zero-order valence-electron chi connectivity index (χ0n) is 7.32. The van der Waals surface area contributed by atoms with Gasteiger partial charge in [0.05, 0.1) is 11.8 Å². The maximum Gasteiger partial charge on any atom is 0.168 e. The molecule has 1 aliphatic carbocycles. The van der Waals surface area contributed by atoms with Gasteiger partial charge in [-0.25, -0.2) is 0 Å². The summed E-state index contributed by atoms with van der Waals surface area (Å²) in [6.07, 6.45) is 3.78. The first-order chi connectivity index (χ1) is 6.31. The van der Waals surface area contributed by atoms with Crippen LogP contribution in [-0.4, -0.2) is 17.5 Å². The maximum absolute atomic E-state index is 11.5. The van der Waals surface area contributed by atoms with Crippen molar-refractivity contribution < 1.29 is 9.32 Å². The fourth-order valence-electron chi connectivity index (χ4n) is 1.78. The number of hydrogen-bond donors (Lipinski definition) is 1. The van der Waals surface area contributed by atoms with Crippen LogP contribution in [0.15, 0.2) is 10.7 Å². The third-order valence-corrected chi connectivity index (χ3v) is 2.47. The molecule has 13 heavy (non-hydrogen) atoms. The number of carbonyl (C=O) groups excluding carboxylic acids is 1. The summed E-state index contributed by atoms with van der Waals surface area (Å²) in [5, 5.41) is 3.62. The minimum absolute atomic E-state index is 0.140. The lowest BCUT2D eigenvalue weighted by atomic mass is 9.86. The van der Waals surface area contributed by atoms with Crippen LogP contribution < -0.4 is 5.73 Å². The Morgan fingerprint density at radius 1 is 1.62 bits per heavy atom. The molecule has 1 aliphatic rings. The molecular formula is C9H12N2O2. The molecule has 0 bridgehead atoms. The lowest BCUT2D eigenvalue weighted by molar-refractivity contribution is 0.0941. The van der Waals surface area contributed by atoms with Crippen molar-refractivity contribution in [2.45, 2.75) is 19.3 Å². The van der Waals surface area contributed by atoms with E-state index in [1.807, 2.05) is 0 Å². The molecule has 1 aromatic rings. The fraction of sp³-hybridized carbons (Fsp3) is 0.556. The summed E-state index contributed by atoms with van der Waals surface area (Å²) in [6, 6.07) is 0. The molecule has 0 saturated carbocycles. The summed E-state index contributed by atoms with van der Waals surface area (Å²) < 4.78 is 4.99. The van der Waals surface area contributed by atoms with Crippen LogP contribution in [0.2, 0.25) is 0 Å². The highest BCUT2D eigenvalue weighted by molar-refractivity contribution is 5.97. The number of carbonyl (C=O) groups is 1. The molecule has 0 fully saturated rings. The number of Topliss-reactive ketones (excluding diaryl/α,β-unsaturated/α-hetero) is 1. The Labute approximate surface area is 76.1 Å². The first-order valence-corrected chi connectivity index (χ1v) is 4.48. The zero-order valence-corrected chi connectivity index (χ0v) is 7.32. The predicted octanol–water partition coefficient (Wildman–Crippen LogP) is 0.769. The van der Waals surface area contributed by atoms with Gasteiger partial charge in [0.2, 0.25) is 0 Å². The molecule has 1 aromatic heterocycles. The SMILES string of the molecule is NCCC1CC(=O)c2cnoc2C1. The molecule has 0 amide bonds.